The number of aryl methyl sites for hydroxylation is 1. The summed E-state index contributed by atoms with van der Waals surface area (Å²) >= 11 is 0. The lowest BCUT2D eigenvalue weighted by Gasteiger charge is -2.29. The maximum Gasteiger partial charge on any atom is 0.159 e. The van der Waals surface area contributed by atoms with Gasteiger partial charge in [0.15, 0.2) is 11.6 Å². The molecule has 2 aromatic carbocycles. The van der Waals surface area contributed by atoms with Gasteiger partial charge in [-0.2, -0.15) is 0 Å². The van der Waals surface area contributed by atoms with Crippen LogP contribution in [0.1, 0.15) is 60.2 Å². The molecule has 0 radical (unpaired) electrons. The Balaban J connectivity index is 1.59. The molecule has 5 nitrogen and oxygen atoms in total. The van der Waals surface area contributed by atoms with E-state index in [4.69, 9.17) is 0 Å². The van der Waals surface area contributed by atoms with E-state index in [9.17, 15) is 14.7 Å². The van der Waals surface area contributed by atoms with Gasteiger partial charge in [-0.05, 0) is 82.5 Å². The van der Waals surface area contributed by atoms with Crippen LogP contribution in [0, 0.1) is 0 Å². The molecule has 30 heavy (non-hydrogen) atoms. The van der Waals surface area contributed by atoms with Crippen LogP contribution in [0.15, 0.2) is 36.4 Å². The zero-order chi connectivity index (χ0) is 21.3. The lowest BCUT2D eigenvalue weighted by Crippen LogP contribution is -2.36. The van der Waals surface area contributed by atoms with E-state index in [1.54, 1.807) is 13.8 Å². The number of Topliss-reactive ketones (excluding diaryl/α,β-unsaturated/α-hetero) is 2. The molecule has 0 amide bonds. The molecule has 0 spiro atoms. The van der Waals surface area contributed by atoms with Crippen molar-refractivity contribution in [2.75, 3.05) is 19.6 Å². The number of carbonyl (C=O) groups is 2. The van der Waals surface area contributed by atoms with E-state index in [1.165, 1.54) is 0 Å². The lowest BCUT2D eigenvalue weighted by atomic mass is 10.0. The molecule has 158 valence electrons. The van der Waals surface area contributed by atoms with E-state index in [0.717, 1.165) is 73.7 Å². The molecular weight excluding hydrogens is 376 g/mol. The van der Waals surface area contributed by atoms with Crippen LogP contribution in [0.25, 0.3) is 21.8 Å². The molecule has 1 aromatic heterocycles. The van der Waals surface area contributed by atoms with Crippen LogP contribution in [0.3, 0.4) is 0 Å². The van der Waals surface area contributed by atoms with Gasteiger partial charge < -0.3 is 14.6 Å². The SMILES string of the molecule is CC(=O)c1ccc2c(c1)c1cc(C(C)=O)ccc1n2CCCCN1CCC(O)CC1. The van der Waals surface area contributed by atoms with Gasteiger partial charge in [0.1, 0.15) is 0 Å². The Morgan fingerprint density at radius 2 is 1.37 bits per heavy atom. The van der Waals surface area contributed by atoms with Crippen molar-refractivity contribution >= 4 is 33.4 Å². The highest BCUT2D eigenvalue weighted by Gasteiger charge is 2.17. The Morgan fingerprint density at radius 3 is 1.87 bits per heavy atom. The number of fused-ring (bicyclic) bond motifs is 3. The molecule has 4 rings (SSSR count). The van der Waals surface area contributed by atoms with Gasteiger partial charge in [-0.15, -0.1) is 0 Å². The predicted octanol–water partition coefficient (Wildman–Crippen LogP) is 4.44. The topological polar surface area (TPSA) is 62.5 Å². The van der Waals surface area contributed by atoms with Crippen molar-refractivity contribution in [2.24, 2.45) is 0 Å². The molecule has 0 bridgehead atoms. The highest BCUT2D eigenvalue weighted by molar-refractivity contribution is 6.12. The molecule has 5 heteroatoms. The van der Waals surface area contributed by atoms with E-state index in [2.05, 4.69) is 9.47 Å². The fourth-order valence-corrected chi connectivity index (χ4v) is 4.53. The fraction of sp³-hybridized carbons (Fsp3) is 0.440. The summed E-state index contributed by atoms with van der Waals surface area (Å²) in [4.78, 5) is 26.3. The van der Waals surface area contributed by atoms with Crippen molar-refractivity contribution in [1.29, 1.82) is 0 Å². The van der Waals surface area contributed by atoms with E-state index in [0.29, 0.717) is 11.1 Å². The summed E-state index contributed by atoms with van der Waals surface area (Å²) in [6, 6.07) is 11.8. The molecule has 3 aromatic rings. The molecular formula is C25H30N2O3. The number of ketones is 2. The second-order valence-corrected chi connectivity index (χ2v) is 8.51. The van der Waals surface area contributed by atoms with E-state index in [1.807, 2.05) is 36.4 Å². The van der Waals surface area contributed by atoms with E-state index < -0.39 is 0 Å². The van der Waals surface area contributed by atoms with Gasteiger partial charge in [-0.1, -0.05) is 0 Å². The zero-order valence-corrected chi connectivity index (χ0v) is 17.9. The smallest absolute Gasteiger partial charge is 0.159 e. The average Bonchev–Trinajstić information content (AvgIpc) is 3.04. The lowest BCUT2D eigenvalue weighted by molar-refractivity contribution is 0.0817. The molecule has 1 aliphatic rings. The highest BCUT2D eigenvalue weighted by atomic mass is 16.3. The first-order valence-electron chi connectivity index (χ1n) is 10.9. The third-order valence-electron chi connectivity index (χ3n) is 6.34. The first-order valence-corrected chi connectivity index (χ1v) is 10.9. The molecule has 2 heterocycles. The molecule has 1 fully saturated rings. The molecule has 1 aliphatic heterocycles. The van der Waals surface area contributed by atoms with Crippen molar-refractivity contribution in [3.05, 3.63) is 47.5 Å². The Kier molecular flexibility index (Phi) is 6.02. The minimum absolute atomic E-state index is 0.0483. The van der Waals surface area contributed by atoms with Crippen LogP contribution in [0.5, 0.6) is 0 Å². The van der Waals surface area contributed by atoms with Crippen LogP contribution in [0.2, 0.25) is 0 Å². The summed E-state index contributed by atoms with van der Waals surface area (Å²) in [5.74, 6) is 0.0966. The Labute approximate surface area is 177 Å². The fourth-order valence-electron chi connectivity index (χ4n) is 4.53. The Hall–Kier alpha value is -2.50. The van der Waals surface area contributed by atoms with Gasteiger partial charge in [0.05, 0.1) is 6.10 Å². The average molecular weight is 407 g/mol. The van der Waals surface area contributed by atoms with Crippen molar-refractivity contribution in [3.63, 3.8) is 0 Å². The van der Waals surface area contributed by atoms with Gasteiger partial charge in [0, 0.05) is 52.6 Å². The molecule has 1 N–H and O–H groups in total. The van der Waals surface area contributed by atoms with Gasteiger partial charge in [-0.25, -0.2) is 0 Å². The maximum absolute atomic E-state index is 11.9. The minimum atomic E-state index is -0.126. The molecule has 0 unspecified atom stereocenters. The van der Waals surface area contributed by atoms with Crippen LogP contribution < -0.4 is 0 Å². The number of aliphatic hydroxyl groups excluding tert-OH is 1. The summed E-state index contributed by atoms with van der Waals surface area (Å²) in [5.41, 5.74) is 3.61. The third-order valence-corrected chi connectivity index (χ3v) is 6.34. The number of hydrogen-bond acceptors (Lipinski definition) is 4. The van der Waals surface area contributed by atoms with Crippen LogP contribution in [-0.2, 0) is 6.54 Å². The molecule has 1 saturated heterocycles. The Morgan fingerprint density at radius 1 is 0.867 bits per heavy atom. The maximum atomic E-state index is 11.9. The second-order valence-electron chi connectivity index (χ2n) is 8.51. The number of unbranched alkanes of at least 4 members (excludes halogenated alkanes) is 1. The van der Waals surface area contributed by atoms with Gasteiger partial charge in [-0.3, -0.25) is 9.59 Å². The van der Waals surface area contributed by atoms with Crippen LogP contribution >= 0.6 is 0 Å². The van der Waals surface area contributed by atoms with E-state index >= 15 is 0 Å². The van der Waals surface area contributed by atoms with Gasteiger partial charge >= 0.3 is 0 Å². The number of aromatic nitrogens is 1. The normalized spacial score (nSPS) is 15.8. The van der Waals surface area contributed by atoms with Gasteiger partial charge in [0.25, 0.3) is 0 Å². The third kappa shape index (κ3) is 4.18. The molecule has 0 atom stereocenters. The summed E-state index contributed by atoms with van der Waals surface area (Å²) < 4.78 is 2.32. The van der Waals surface area contributed by atoms with Crippen LogP contribution in [-0.4, -0.2) is 51.9 Å². The number of aliphatic hydroxyl groups is 1. The largest absolute Gasteiger partial charge is 0.393 e. The first kappa shape index (κ1) is 20.8. The van der Waals surface area contributed by atoms with Crippen molar-refractivity contribution in [1.82, 2.24) is 9.47 Å². The summed E-state index contributed by atoms with van der Waals surface area (Å²) in [6.45, 7) is 7.10. The standard InChI is InChI=1S/C25H30N2O3/c1-17(28)19-5-7-24-22(15-19)23-16-20(18(2)29)6-8-25(23)27(24)12-4-3-11-26-13-9-21(30)10-14-26/h5-8,15-16,21,30H,3-4,9-14H2,1-2H3. The monoisotopic (exact) mass is 406 g/mol. The molecule has 0 aliphatic carbocycles. The van der Waals surface area contributed by atoms with Gasteiger partial charge in [0.2, 0.25) is 0 Å². The number of rotatable bonds is 7. The minimum Gasteiger partial charge on any atom is -0.393 e. The summed E-state index contributed by atoms with van der Waals surface area (Å²) in [6.07, 6.45) is 3.79. The number of benzene rings is 2. The quantitative estimate of drug-likeness (QED) is 0.466. The van der Waals surface area contributed by atoms with Crippen molar-refractivity contribution < 1.29 is 14.7 Å². The predicted molar refractivity (Wildman–Crippen MR) is 120 cm³/mol. The Bertz CT molecular complexity index is 1020. The second kappa shape index (κ2) is 8.70. The number of piperidine rings is 1. The van der Waals surface area contributed by atoms with Crippen LogP contribution in [0.4, 0.5) is 0 Å². The van der Waals surface area contributed by atoms with Crippen molar-refractivity contribution in [3.8, 4) is 0 Å². The number of carbonyl (C=O) groups excluding carboxylic acids is 2. The first-order chi connectivity index (χ1) is 14.4. The summed E-state index contributed by atoms with van der Waals surface area (Å²) in [7, 11) is 0. The number of hydrogen-bond donors (Lipinski definition) is 1. The highest BCUT2D eigenvalue weighted by Crippen LogP contribution is 2.31. The molecule has 0 saturated carbocycles. The zero-order valence-electron chi connectivity index (χ0n) is 17.9. The van der Waals surface area contributed by atoms with Crippen molar-refractivity contribution in [2.45, 2.75) is 52.2 Å². The summed E-state index contributed by atoms with van der Waals surface area (Å²) in [5, 5.41) is 11.7. The van der Waals surface area contributed by atoms with E-state index in [-0.39, 0.29) is 17.7 Å². The number of nitrogens with zero attached hydrogens (tertiary/aromatic N) is 2. The number of likely N-dealkylation sites (tertiary alicyclic amines) is 1.